The zero-order valence-electron chi connectivity index (χ0n) is 12.4. The van der Waals surface area contributed by atoms with Gasteiger partial charge in [0.15, 0.2) is 0 Å². The summed E-state index contributed by atoms with van der Waals surface area (Å²) < 4.78 is 5.34. The lowest BCUT2D eigenvalue weighted by atomic mass is 9.96. The molecule has 0 saturated carbocycles. The van der Waals surface area contributed by atoms with Crippen molar-refractivity contribution >= 4 is 0 Å². The molecule has 1 fully saturated rings. The molecule has 0 aromatic rings. The fraction of sp³-hybridized carbons (Fsp3) is 1.00. The second-order valence-corrected chi connectivity index (χ2v) is 5.73. The lowest BCUT2D eigenvalue weighted by molar-refractivity contribution is 0.0799. The molecule has 0 radical (unpaired) electrons. The van der Waals surface area contributed by atoms with Crippen LogP contribution in [0.25, 0.3) is 0 Å². The number of methoxy groups -OCH3 is 1. The van der Waals surface area contributed by atoms with Crippen molar-refractivity contribution in [2.24, 2.45) is 11.7 Å². The van der Waals surface area contributed by atoms with Gasteiger partial charge in [0.05, 0.1) is 6.61 Å². The van der Waals surface area contributed by atoms with Gasteiger partial charge in [-0.15, -0.1) is 0 Å². The Morgan fingerprint density at radius 2 is 2.06 bits per heavy atom. The number of rotatable bonds is 8. The van der Waals surface area contributed by atoms with Gasteiger partial charge in [-0.1, -0.05) is 0 Å². The molecule has 1 saturated heterocycles. The van der Waals surface area contributed by atoms with Gasteiger partial charge in [-0.25, -0.2) is 0 Å². The number of likely N-dealkylation sites (N-methyl/N-ethyl adjacent to an activating group) is 1. The number of hydrogen-bond donors (Lipinski definition) is 1. The maximum absolute atomic E-state index is 5.61. The average molecular weight is 257 g/mol. The van der Waals surface area contributed by atoms with E-state index in [0.29, 0.717) is 6.04 Å². The van der Waals surface area contributed by atoms with Crippen molar-refractivity contribution < 1.29 is 4.74 Å². The second-order valence-electron chi connectivity index (χ2n) is 5.73. The number of hydrogen-bond acceptors (Lipinski definition) is 4. The Morgan fingerprint density at radius 3 is 2.61 bits per heavy atom. The summed E-state index contributed by atoms with van der Waals surface area (Å²) in [5.74, 6) is 0.850. The maximum atomic E-state index is 5.61. The highest BCUT2D eigenvalue weighted by Crippen LogP contribution is 2.18. The van der Waals surface area contributed by atoms with Gasteiger partial charge in [0.1, 0.15) is 0 Å². The molecule has 0 aromatic heterocycles. The summed E-state index contributed by atoms with van der Waals surface area (Å²) in [5.41, 5.74) is 5.61. The first-order chi connectivity index (χ1) is 8.67. The molecule has 0 aliphatic carbocycles. The van der Waals surface area contributed by atoms with Crippen LogP contribution in [0.2, 0.25) is 0 Å². The second kappa shape index (κ2) is 8.86. The van der Waals surface area contributed by atoms with Crippen LogP contribution in [-0.2, 0) is 4.74 Å². The van der Waals surface area contributed by atoms with Crippen LogP contribution in [0.5, 0.6) is 0 Å². The molecule has 1 rings (SSSR count). The highest BCUT2D eigenvalue weighted by atomic mass is 16.5. The molecule has 18 heavy (non-hydrogen) atoms. The first-order valence-corrected chi connectivity index (χ1v) is 7.25. The van der Waals surface area contributed by atoms with Gasteiger partial charge in [0.2, 0.25) is 0 Å². The average Bonchev–Trinajstić information content (AvgIpc) is 2.37. The van der Waals surface area contributed by atoms with Crippen molar-refractivity contribution in [2.45, 2.75) is 31.7 Å². The van der Waals surface area contributed by atoms with Crippen molar-refractivity contribution in [3.8, 4) is 0 Å². The monoisotopic (exact) mass is 257 g/mol. The largest absolute Gasteiger partial charge is 0.383 e. The Morgan fingerprint density at radius 1 is 1.39 bits per heavy atom. The lowest BCUT2D eigenvalue weighted by Crippen LogP contribution is -2.41. The number of likely N-dealkylation sites (tertiary alicyclic amines) is 1. The molecule has 1 aliphatic heterocycles. The van der Waals surface area contributed by atoms with Crippen LogP contribution in [0.1, 0.15) is 25.7 Å². The SMILES string of the molecule is COCC(CCCN)N(C)CC1CCN(C)CC1. The first-order valence-electron chi connectivity index (χ1n) is 7.25. The Kier molecular flexibility index (Phi) is 7.82. The molecule has 1 heterocycles. The van der Waals surface area contributed by atoms with E-state index in [0.717, 1.165) is 31.9 Å². The number of ether oxygens (including phenoxy) is 1. The van der Waals surface area contributed by atoms with Crippen LogP contribution in [0.4, 0.5) is 0 Å². The molecule has 1 aliphatic rings. The van der Waals surface area contributed by atoms with Gasteiger partial charge >= 0.3 is 0 Å². The van der Waals surface area contributed by atoms with E-state index in [1.165, 1.54) is 32.5 Å². The van der Waals surface area contributed by atoms with Crippen LogP contribution in [0, 0.1) is 5.92 Å². The van der Waals surface area contributed by atoms with E-state index in [1.807, 2.05) is 0 Å². The summed E-state index contributed by atoms with van der Waals surface area (Å²) >= 11 is 0. The summed E-state index contributed by atoms with van der Waals surface area (Å²) in [5, 5.41) is 0. The van der Waals surface area contributed by atoms with E-state index < -0.39 is 0 Å². The minimum absolute atomic E-state index is 0.526. The van der Waals surface area contributed by atoms with E-state index in [2.05, 4.69) is 23.9 Å². The van der Waals surface area contributed by atoms with Crippen LogP contribution in [0.3, 0.4) is 0 Å². The smallest absolute Gasteiger partial charge is 0.0617 e. The Hall–Kier alpha value is -0.160. The molecule has 1 atom stereocenters. The quantitative estimate of drug-likeness (QED) is 0.705. The molecule has 0 bridgehead atoms. The molecule has 0 amide bonds. The van der Waals surface area contributed by atoms with E-state index in [9.17, 15) is 0 Å². The van der Waals surface area contributed by atoms with Crippen LogP contribution < -0.4 is 5.73 Å². The van der Waals surface area contributed by atoms with Crippen molar-refractivity contribution in [3.63, 3.8) is 0 Å². The number of nitrogens with two attached hydrogens (primary N) is 1. The normalized spacial score (nSPS) is 20.5. The summed E-state index contributed by atoms with van der Waals surface area (Å²) in [6.45, 7) is 5.30. The molecule has 1 unspecified atom stereocenters. The van der Waals surface area contributed by atoms with Crippen molar-refractivity contribution in [3.05, 3.63) is 0 Å². The van der Waals surface area contributed by atoms with Crippen molar-refractivity contribution in [1.82, 2.24) is 9.80 Å². The number of piperidine rings is 1. The van der Waals surface area contributed by atoms with Gasteiger partial charge < -0.3 is 20.3 Å². The zero-order chi connectivity index (χ0) is 13.4. The van der Waals surface area contributed by atoms with Gasteiger partial charge in [-0.2, -0.15) is 0 Å². The zero-order valence-corrected chi connectivity index (χ0v) is 12.4. The molecule has 108 valence electrons. The molecular weight excluding hydrogens is 226 g/mol. The van der Waals surface area contributed by atoms with Crippen LogP contribution in [0.15, 0.2) is 0 Å². The maximum Gasteiger partial charge on any atom is 0.0617 e. The van der Waals surface area contributed by atoms with Crippen LogP contribution in [-0.4, -0.2) is 69.8 Å². The summed E-state index contributed by atoms with van der Waals surface area (Å²) in [6.07, 6.45) is 4.90. The van der Waals surface area contributed by atoms with E-state index >= 15 is 0 Å². The van der Waals surface area contributed by atoms with Gasteiger partial charge in [-0.3, -0.25) is 0 Å². The minimum atomic E-state index is 0.526. The van der Waals surface area contributed by atoms with Crippen molar-refractivity contribution in [1.29, 1.82) is 0 Å². The third-order valence-electron chi connectivity index (χ3n) is 4.11. The van der Waals surface area contributed by atoms with Gasteiger partial charge in [0, 0.05) is 19.7 Å². The Bertz CT molecular complexity index is 205. The highest BCUT2D eigenvalue weighted by molar-refractivity contribution is 4.76. The standard InChI is InChI=1S/C14H31N3O/c1-16-9-6-13(7-10-16)11-17(2)14(12-18-3)5-4-8-15/h13-14H,4-12,15H2,1-3H3. The third-order valence-corrected chi connectivity index (χ3v) is 4.11. The lowest BCUT2D eigenvalue weighted by Gasteiger charge is -2.35. The molecule has 2 N–H and O–H groups in total. The van der Waals surface area contributed by atoms with E-state index in [4.69, 9.17) is 10.5 Å². The molecule has 0 spiro atoms. The third kappa shape index (κ3) is 5.65. The predicted molar refractivity (Wildman–Crippen MR) is 76.8 cm³/mol. The summed E-state index contributed by atoms with van der Waals surface area (Å²) in [6, 6.07) is 0.526. The van der Waals surface area contributed by atoms with Crippen molar-refractivity contribution in [2.75, 3.05) is 54.0 Å². The van der Waals surface area contributed by atoms with Crippen LogP contribution >= 0.6 is 0 Å². The molecule has 4 nitrogen and oxygen atoms in total. The topological polar surface area (TPSA) is 41.7 Å². The highest BCUT2D eigenvalue weighted by Gasteiger charge is 2.21. The molecular formula is C14H31N3O. The molecule has 0 aromatic carbocycles. The van der Waals surface area contributed by atoms with Gasteiger partial charge in [0.25, 0.3) is 0 Å². The molecule has 4 heteroatoms. The minimum Gasteiger partial charge on any atom is -0.383 e. The van der Waals surface area contributed by atoms with E-state index in [-0.39, 0.29) is 0 Å². The number of nitrogens with zero attached hydrogens (tertiary/aromatic N) is 2. The predicted octanol–water partition coefficient (Wildman–Crippen LogP) is 1.01. The first kappa shape index (κ1) is 15.9. The van der Waals surface area contributed by atoms with Gasteiger partial charge in [-0.05, 0) is 65.3 Å². The summed E-state index contributed by atoms with van der Waals surface area (Å²) in [7, 11) is 6.24. The fourth-order valence-electron chi connectivity index (χ4n) is 2.78. The summed E-state index contributed by atoms with van der Waals surface area (Å²) in [4.78, 5) is 4.91. The Balaban J connectivity index is 2.32. The fourth-order valence-corrected chi connectivity index (χ4v) is 2.78. The van der Waals surface area contributed by atoms with E-state index in [1.54, 1.807) is 7.11 Å². The Labute approximate surface area is 112 Å².